The third-order valence-corrected chi connectivity index (χ3v) is 4.00. The van der Waals surface area contributed by atoms with Crippen LogP contribution in [0.3, 0.4) is 0 Å². The van der Waals surface area contributed by atoms with E-state index in [1.54, 1.807) is 0 Å². The fourth-order valence-electron chi connectivity index (χ4n) is 2.43. The van der Waals surface area contributed by atoms with Crippen molar-refractivity contribution < 1.29 is 0 Å². The van der Waals surface area contributed by atoms with Gasteiger partial charge in [0.25, 0.3) is 0 Å². The van der Waals surface area contributed by atoms with E-state index in [-0.39, 0.29) is 24.0 Å². The van der Waals surface area contributed by atoms with Crippen LogP contribution in [0.15, 0.2) is 41.7 Å². The predicted octanol–water partition coefficient (Wildman–Crippen LogP) is 3.95. The Balaban J connectivity index is 0.00000312. The first-order valence-corrected chi connectivity index (χ1v) is 8.70. The van der Waals surface area contributed by atoms with Crippen molar-refractivity contribution in [2.45, 2.75) is 33.4 Å². The second-order valence-electron chi connectivity index (χ2n) is 5.82. The molecule has 0 fully saturated rings. The summed E-state index contributed by atoms with van der Waals surface area (Å²) < 4.78 is 1.96. The summed E-state index contributed by atoms with van der Waals surface area (Å²) in [4.78, 5) is 6.81. The third kappa shape index (κ3) is 7.23. The van der Waals surface area contributed by atoms with Crippen molar-refractivity contribution in [1.29, 1.82) is 0 Å². The van der Waals surface area contributed by atoms with E-state index in [2.05, 4.69) is 35.4 Å². The summed E-state index contributed by atoms with van der Waals surface area (Å²) in [6.07, 6.45) is 4.89. The van der Waals surface area contributed by atoms with Crippen molar-refractivity contribution in [3.05, 3.63) is 52.8 Å². The van der Waals surface area contributed by atoms with Crippen molar-refractivity contribution in [3.63, 3.8) is 0 Å². The van der Waals surface area contributed by atoms with Crippen LogP contribution in [0.5, 0.6) is 0 Å². The molecule has 0 aliphatic carbocycles. The number of aliphatic imine (C=N–C) groups is 1. The standard InChI is InChI=1S/C18H26ClN5.HI/c1-4-20-18(21-10-7-11-24-13-15(2)12-22-24)23(3)14-16-8-5-6-9-17(16)19;/h5-6,8-9,12-13H,4,7,10-11,14H2,1-3H3,(H,20,21);1H. The first kappa shape index (κ1) is 21.8. The number of aromatic nitrogens is 2. The molecule has 1 N–H and O–H groups in total. The first-order valence-electron chi connectivity index (χ1n) is 8.32. The van der Waals surface area contributed by atoms with E-state index in [1.807, 2.05) is 42.2 Å². The zero-order valence-electron chi connectivity index (χ0n) is 15.1. The normalized spacial score (nSPS) is 11.1. The van der Waals surface area contributed by atoms with Crippen LogP contribution in [-0.2, 0) is 13.1 Å². The maximum atomic E-state index is 6.25. The maximum Gasteiger partial charge on any atom is 0.193 e. The van der Waals surface area contributed by atoms with Gasteiger partial charge in [-0.25, -0.2) is 0 Å². The SMILES string of the molecule is CCNC(=NCCCn1cc(C)cn1)N(C)Cc1ccccc1Cl.I. The lowest BCUT2D eigenvalue weighted by atomic mass is 10.2. The van der Waals surface area contributed by atoms with Crippen LogP contribution in [0, 0.1) is 6.92 Å². The van der Waals surface area contributed by atoms with Gasteiger partial charge in [0, 0.05) is 44.4 Å². The Bertz CT molecular complexity index is 671. The van der Waals surface area contributed by atoms with E-state index >= 15 is 0 Å². The fraction of sp³-hybridized carbons (Fsp3) is 0.444. The van der Waals surface area contributed by atoms with Crippen LogP contribution in [0.4, 0.5) is 0 Å². The number of benzene rings is 1. The first-order chi connectivity index (χ1) is 11.6. The Morgan fingerprint density at radius 1 is 1.36 bits per heavy atom. The van der Waals surface area contributed by atoms with Gasteiger partial charge in [-0.05, 0) is 37.5 Å². The average molecular weight is 476 g/mol. The highest BCUT2D eigenvalue weighted by atomic mass is 127. The average Bonchev–Trinajstić information content (AvgIpc) is 2.98. The molecule has 5 nitrogen and oxygen atoms in total. The highest BCUT2D eigenvalue weighted by molar-refractivity contribution is 14.0. The molecule has 1 aromatic carbocycles. The molecular formula is C18H27ClIN5. The number of rotatable bonds is 7. The summed E-state index contributed by atoms with van der Waals surface area (Å²) in [5.74, 6) is 0.897. The van der Waals surface area contributed by atoms with Crippen LogP contribution in [0.1, 0.15) is 24.5 Å². The van der Waals surface area contributed by atoms with E-state index in [0.717, 1.165) is 49.1 Å². The van der Waals surface area contributed by atoms with Gasteiger partial charge in [0.15, 0.2) is 5.96 Å². The Labute approximate surface area is 172 Å². The summed E-state index contributed by atoms with van der Waals surface area (Å²) in [5.41, 5.74) is 2.28. The van der Waals surface area contributed by atoms with Crippen molar-refractivity contribution in [3.8, 4) is 0 Å². The topological polar surface area (TPSA) is 45.5 Å². The largest absolute Gasteiger partial charge is 0.357 e. The lowest BCUT2D eigenvalue weighted by molar-refractivity contribution is 0.475. The van der Waals surface area contributed by atoms with Crippen molar-refractivity contribution in [2.24, 2.45) is 4.99 Å². The maximum absolute atomic E-state index is 6.25. The molecule has 7 heteroatoms. The monoisotopic (exact) mass is 475 g/mol. The second-order valence-corrected chi connectivity index (χ2v) is 6.22. The number of nitrogens with one attached hydrogen (secondary N) is 1. The van der Waals surface area contributed by atoms with Gasteiger partial charge in [0.1, 0.15) is 0 Å². The highest BCUT2D eigenvalue weighted by Crippen LogP contribution is 2.16. The molecule has 0 spiro atoms. The minimum atomic E-state index is 0. The fourth-order valence-corrected chi connectivity index (χ4v) is 2.63. The van der Waals surface area contributed by atoms with Crippen molar-refractivity contribution in [2.75, 3.05) is 20.1 Å². The van der Waals surface area contributed by atoms with E-state index in [9.17, 15) is 0 Å². The van der Waals surface area contributed by atoms with Crippen LogP contribution in [0.2, 0.25) is 5.02 Å². The van der Waals surface area contributed by atoms with Gasteiger partial charge in [0.2, 0.25) is 0 Å². The summed E-state index contributed by atoms with van der Waals surface area (Å²) in [6.45, 7) is 7.33. The smallest absolute Gasteiger partial charge is 0.193 e. The summed E-state index contributed by atoms with van der Waals surface area (Å²) >= 11 is 6.25. The molecule has 0 saturated heterocycles. The Hall–Kier alpha value is -1.28. The van der Waals surface area contributed by atoms with Crippen molar-refractivity contribution >= 4 is 41.5 Å². The molecule has 1 aromatic heterocycles. The molecular weight excluding hydrogens is 449 g/mol. The molecule has 0 aliphatic heterocycles. The second kappa shape index (κ2) is 11.4. The van der Waals surface area contributed by atoms with Gasteiger partial charge in [-0.2, -0.15) is 5.10 Å². The lowest BCUT2D eigenvalue weighted by Gasteiger charge is -2.22. The Morgan fingerprint density at radius 2 is 2.12 bits per heavy atom. The lowest BCUT2D eigenvalue weighted by Crippen LogP contribution is -2.38. The van der Waals surface area contributed by atoms with Gasteiger partial charge < -0.3 is 10.2 Å². The molecule has 0 bridgehead atoms. The molecule has 0 amide bonds. The number of guanidine groups is 1. The van der Waals surface area contributed by atoms with Gasteiger partial charge >= 0.3 is 0 Å². The molecule has 0 saturated carbocycles. The molecule has 0 atom stereocenters. The zero-order chi connectivity index (χ0) is 17.4. The van der Waals surface area contributed by atoms with Crippen LogP contribution < -0.4 is 5.32 Å². The van der Waals surface area contributed by atoms with Crippen LogP contribution in [-0.4, -0.2) is 40.8 Å². The summed E-state index contributed by atoms with van der Waals surface area (Å²) in [5, 5.41) is 8.42. The molecule has 1 heterocycles. The summed E-state index contributed by atoms with van der Waals surface area (Å²) in [7, 11) is 2.03. The molecule has 2 aromatic rings. The predicted molar refractivity (Wildman–Crippen MR) is 116 cm³/mol. The minimum absolute atomic E-state index is 0. The van der Waals surface area contributed by atoms with Crippen LogP contribution in [0.25, 0.3) is 0 Å². The summed E-state index contributed by atoms with van der Waals surface area (Å²) in [6, 6.07) is 7.91. The molecule has 0 unspecified atom stereocenters. The number of halogens is 2. The van der Waals surface area contributed by atoms with E-state index in [1.165, 1.54) is 5.56 Å². The quantitative estimate of drug-likeness (QED) is 0.285. The molecule has 0 aliphatic rings. The third-order valence-electron chi connectivity index (χ3n) is 3.63. The van der Waals surface area contributed by atoms with Gasteiger partial charge in [-0.3, -0.25) is 9.67 Å². The number of hydrogen-bond donors (Lipinski definition) is 1. The molecule has 138 valence electrons. The zero-order valence-corrected chi connectivity index (χ0v) is 18.2. The molecule has 2 rings (SSSR count). The van der Waals surface area contributed by atoms with Crippen LogP contribution >= 0.6 is 35.6 Å². The molecule has 0 radical (unpaired) electrons. The number of nitrogens with zero attached hydrogens (tertiary/aromatic N) is 4. The minimum Gasteiger partial charge on any atom is -0.357 e. The van der Waals surface area contributed by atoms with Crippen molar-refractivity contribution in [1.82, 2.24) is 20.0 Å². The van der Waals surface area contributed by atoms with Gasteiger partial charge in [-0.15, -0.1) is 24.0 Å². The number of aryl methyl sites for hydroxylation is 2. The van der Waals surface area contributed by atoms with E-state index < -0.39 is 0 Å². The Morgan fingerprint density at radius 3 is 2.76 bits per heavy atom. The number of hydrogen-bond acceptors (Lipinski definition) is 2. The van der Waals surface area contributed by atoms with E-state index in [4.69, 9.17) is 16.6 Å². The van der Waals surface area contributed by atoms with Gasteiger partial charge in [0.05, 0.1) is 6.20 Å². The van der Waals surface area contributed by atoms with Gasteiger partial charge in [-0.1, -0.05) is 29.8 Å². The highest BCUT2D eigenvalue weighted by Gasteiger charge is 2.08. The molecule has 25 heavy (non-hydrogen) atoms. The van der Waals surface area contributed by atoms with E-state index in [0.29, 0.717) is 0 Å². The Kier molecular flexibility index (Phi) is 9.89.